The number of rotatable bonds is 6. The Bertz CT molecular complexity index is 1600. The molecule has 5 rings (SSSR count). The van der Waals surface area contributed by atoms with Crippen molar-refractivity contribution in [1.29, 1.82) is 0 Å². The number of halogens is 2. The molecule has 40 heavy (non-hydrogen) atoms. The van der Waals surface area contributed by atoms with Gasteiger partial charge in [-0.05, 0) is 49.8 Å². The first-order chi connectivity index (χ1) is 19.1. The summed E-state index contributed by atoms with van der Waals surface area (Å²) in [7, 11) is -3.90. The summed E-state index contributed by atoms with van der Waals surface area (Å²) in [4.78, 5) is 21.8. The lowest BCUT2D eigenvalue weighted by Crippen LogP contribution is -2.58. The molecule has 2 heterocycles. The van der Waals surface area contributed by atoms with E-state index in [1.165, 1.54) is 18.2 Å². The van der Waals surface area contributed by atoms with Crippen molar-refractivity contribution in [1.82, 2.24) is 19.5 Å². The molecule has 1 saturated heterocycles. The van der Waals surface area contributed by atoms with Gasteiger partial charge < -0.3 is 4.90 Å². The third-order valence-electron chi connectivity index (χ3n) is 7.06. The van der Waals surface area contributed by atoms with Crippen molar-refractivity contribution >= 4 is 26.8 Å². The minimum Gasteiger partial charge on any atom is -0.331 e. The smallest absolute Gasteiger partial charge is 0.254 e. The van der Waals surface area contributed by atoms with Gasteiger partial charge in [0.2, 0.25) is 10.0 Å². The van der Waals surface area contributed by atoms with Crippen LogP contribution >= 0.6 is 0 Å². The third kappa shape index (κ3) is 6.04. The highest BCUT2D eigenvalue weighted by Gasteiger charge is 2.34. The van der Waals surface area contributed by atoms with Crippen molar-refractivity contribution in [2.45, 2.75) is 43.4 Å². The molecule has 3 aromatic rings. The van der Waals surface area contributed by atoms with Crippen LogP contribution in [0.25, 0.3) is 10.9 Å². The maximum atomic E-state index is 13.6. The molecule has 0 spiro atoms. The van der Waals surface area contributed by atoms with E-state index in [1.54, 1.807) is 65.7 Å². The standard InChI is InChI=1S/C30H30F2N4O3S/c1-20-17-35(19-22-14-25(31)16-26(32)15-22)18-21(2)36(20)30(37)24-7-3-9-27(12-11-24)34-40(38,39)28-10-4-6-23-8-5-13-33-29(23)28/h3-16,20-21,27,34H,17-19H2,1-2H3. The molecule has 1 amide bonds. The second-order valence-electron chi connectivity index (χ2n) is 10.2. The Kier molecular flexibility index (Phi) is 7.93. The fraction of sp³-hybridized carbons (Fsp3) is 0.267. The van der Waals surface area contributed by atoms with Crippen LogP contribution in [0.1, 0.15) is 19.4 Å². The summed E-state index contributed by atoms with van der Waals surface area (Å²) < 4.78 is 56.4. The maximum Gasteiger partial charge on any atom is 0.254 e. The fourth-order valence-electron chi connectivity index (χ4n) is 5.43. The van der Waals surface area contributed by atoms with Gasteiger partial charge in [-0.15, -0.1) is 0 Å². The molecule has 1 aromatic heterocycles. The minimum atomic E-state index is -3.90. The SMILES string of the molecule is CC1CN(Cc2cc(F)cc(F)c2)CC(C)N1C(=O)C1=CC=CC(NS(=O)(=O)c2cccc3cccnc23)C=C1. The Balaban J connectivity index is 1.26. The van der Waals surface area contributed by atoms with Crippen molar-refractivity contribution in [2.24, 2.45) is 0 Å². The van der Waals surface area contributed by atoms with Gasteiger partial charge >= 0.3 is 0 Å². The normalized spacial score (nSPS) is 21.9. The highest BCUT2D eigenvalue weighted by Crippen LogP contribution is 2.24. The first-order valence-electron chi connectivity index (χ1n) is 13.0. The summed E-state index contributed by atoms with van der Waals surface area (Å²) in [6.45, 7) is 5.35. The quantitative estimate of drug-likeness (QED) is 0.482. The number of nitrogens with one attached hydrogen (secondary N) is 1. The van der Waals surface area contributed by atoms with Crippen molar-refractivity contribution < 1.29 is 22.0 Å². The average Bonchev–Trinajstić information content (AvgIpc) is 3.12. The molecule has 3 atom stereocenters. The second kappa shape index (κ2) is 11.4. The first-order valence-corrected chi connectivity index (χ1v) is 14.5. The number of sulfonamides is 1. The van der Waals surface area contributed by atoms with Crippen LogP contribution in [0.15, 0.2) is 95.6 Å². The van der Waals surface area contributed by atoms with Gasteiger partial charge in [0.15, 0.2) is 0 Å². The van der Waals surface area contributed by atoms with Crippen LogP contribution in [0.5, 0.6) is 0 Å². The Labute approximate surface area is 232 Å². The van der Waals surface area contributed by atoms with Crippen LogP contribution in [-0.4, -0.2) is 60.3 Å². The number of fused-ring (bicyclic) bond motifs is 1. The van der Waals surface area contributed by atoms with Crippen LogP contribution in [0, 0.1) is 11.6 Å². The van der Waals surface area contributed by atoms with Gasteiger partial charge in [0.25, 0.3) is 5.91 Å². The number of nitrogens with zero attached hydrogens (tertiary/aromatic N) is 3. The van der Waals surface area contributed by atoms with E-state index in [0.717, 1.165) is 11.5 Å². The fourth-order valence-corrected chi connectivity index (χ4v) is 6.76. The van der Waals surface area contributed by atoms with E-state index in [4.69, 9.17) is 0 Å². The summed E-state index contributed by atoms with van der Waals surface area (Å²) in [5, 5.41) is 0.721. The zero-order valence-corrected chi connectivity index (χ0v) is 23.0. The Morgan fingerprint density at radius 2 is 1.73 bits per heavy atom. The molecule has 7 nitrogen and oxygen atoms in total. The molecule has 0 bridgehead atoms. The van der Waals surface area contributed by atoms with Gasteiger partial charge in [0, 0.05) is 54.9 Å². The summed E-state index contributed by atoms with van der Waals surface area (Å²) >= 11 is 0. The molecule has 3 unspecified atom stereocenters. The van der Waals surface area contributed by atoms with E-state index < -0.39 is 27.7 Å². The monoisotopic (exact) mass is 564 g/mol. The summed E-state index contributed by atoms with van der Waals surface area (Å²) in [6, 6.07) is 11.1. The number of para-hydroxylation sites is 1. The zero-order valence-electron chi connectivity index (χ0n) is 22.2. The summed E-state index contributed by atoms with van der Waals surface area (Å²) in [6.07, 6.45) is 9.86. The third-order valence-corrected chi connectivity index (χ3v) is 8.55. The summed E-state index contributed by atoms with van der Waals surface area (Å²) in [5.41, 5.74) is 1.37. The van der Waals surface area contributed by atoms with E-state index in [0.29, 0.717) is 36.3 Å². The first kappa shape index (κ1) is 27.8. The number of carbonyl (C=O) groups is 1. The Morgan fingerprint density at radius 3 is 2.45 bits per heavy atom. The van der Waals surface area contributed by atoms with E-state index in [9.17, 15) is 22.0 Å². The highest BCUT2D eigenvalue weighted by atomic mass is 32.2. The minimum absolute atomic E-state index is 0.0856. The molecule has 1 aliphatic heterocycles. The predicted molar refractivity (Wildman–Crippen MR) is 150 cm³/mol. The number of piperazine rings is 1. The molecule has 2 aliphatic rings. The van der Waals surface area contributed by atoms with Crippen molar-refractivity contribution in [3.63, 3.8) is 0 Å². The second-order valence-corrected chi connectivity index (χ2v) is 11.9. The number of amides is 1. The Hall–Kier alpha value is -3.73. The molecule has 1 N–H and O–H groups in total. The van der Waals surface area contributed by atoms with E-state index in [2.05, 4.69) is 14.6 Å². The van der Waals surface area contributed by atoms with Crippen LogP contribution < -0.4 is 4.72 Å². The number of aromatic nitrogens is 1. The van der Waals surface area contributed by atoms with Gasteiger partial charge in [-0.2, -0.15) is 0 Å². The molecule has 10 heteroatoms. The lowest BCUT2D eigenvalue weighted by atomic mass is 10.0. The highest BCUT2D eigenvalue weighted by molar-refractivity contribution is 7.89. The number of hydrogen-bond acceptors (Lipinski definition) is 5. The van der Waals surface area contributed by atoms with Crippen LogP contribution in [0.3, 0.4) is 0 Å². The van der Waals surface area contributed by atoms with E-state index in [1.807, 2.05) is 13.8 Å². The largest absolute Gasteiger partial charge is 0.331 e. The molecule has 0 saturated carbocycles. The molecule has 208 valence electrons. The van der Waals surface area contributed by atoms with Crippen LogP contribution in [0.4, 0.5) is 8.78 Å². The van der Waals surface area contributed by atoms with Crippen LogP contribution in [-0.2, 0) is 21.4 Å². The van der Waals surface area contributed by atoms with Gasteiger partial charge in [-0.25, -0.2) is 21.9 Å². The molecule has 1 aliphatic carbocycles. The van der Waals surface area contributed by atoms with Crippen molar-refractivity contribution in [2.75, 3.05) is 13.1 Å². The van der Waals surface area contributed by atoms with Gasteiger partial charge in [-0.3, -0.25) is 14.7 Å². The summed E-state index contributed by atoms with van der Waals surface area (Å²) in [5.74, 6) is -1.39. The Morgan fingerprint density at radius 1 is 1.02 bits per heavy atom. The number of benzene rings is 2. The number of hydrogen-bond donors (Lipinski definition) is 1. The maximum absolute atomic E-state index is 13.6. The van der Waals surface area contributed by atoms with Crippen molar-refractivity contribution in [3.8, 4) is 0 Å². The molecule has 2 aromatic carbocycles. The lowest BCUT2D eigenvalue weighted by molar-refractivity contribution is -0.134. The van der Waals surface area contributed by atoms with Gasteiger partial charge in [-0.1, -0.05) is 42.5 Å². The molecule has 0 radical (unpaired) electrons. The van der Waals surface area contributed by atoms with Crippen LogP contribution in [0.2, 0.25) is 0 Å². The van der Waals surface area contributed by atoms with E-state index >= 15 is 0 Å². The number of pyridine rings is 1. The topological polar surface area (TPSA) is 82.6 Å². The van der Waals surface area contributed by atoms with Crippen molar-refractivity contribution in [3.05, 3.63) is 108 Å². The zero-order chi connectivity index (χ0) is 28.4. The van der Waals surface area contributed by atoms with Gasteiger partial charge in [0.1, 0.15) is 16.5 Å². The predicted octanol–water partition coefficient (Wildman–Crippen LogP) is 4.33. The van der Waals surface area contributed by atoms with E-state index in [-0.39, 0.29) is 22.9 Å². The molecular formula is C30H30F2N4O3S. The lowest BCUT2D eigenvalue weighted by Gasteiger charge is -2.44. The average molecular weight is 565 g/mol. The molecular weight excluding hydrogens is 534 g/mol. The van der Waals surface area contributed by atoms with Gasteiger partial charge in [0.05, 0.1) is 11.6 Å². The molecule has 1 fully saturated rings. The number of carbonyl (C=O) groups excluding carboxylic acids is 1. The number of allylic oxidation sites excluding steroid dienone is 2.